The molecule has 19 heavy (non-hydrogen) atoms. The van der Waals surface area contributed by atoms with E-state index in [1.165, 1.54) is 4.68 Å². The minimum absolute atomic E-state index is 0.0483. The number of primary amides is 1. The fourth-order valence-electron chi connectivity index (χ4n) is 1.87. The number of nitrogens with two attached hydrogens (primary N) is 1. The third kappa shape index (κ3) is 3.25. The molecule has 100 valence electrons. The smallest absolute Gasteiger partial charge is 0.239 e. The second kappa shape index (κ2) is 5.43. The summed E-state index contributed by atoms with van der Waals surface area (Å²) in [6, 6.07) is 7.05. The molecule has 0 bridgehead atoms. The number of hydrogen-bond acceptors (Lipinski definition) is 4. The summed E-state index contributed by atoms with van der Waals surface area (Å²) in [6.07, 6.45) is 3.31. The molecule has 0 spiro atoms. The Kier molecular flexibility index (Phi) is 3.70. The number of aromatic nitrogens is 2. The van der Waals surface area contributed by atoms with Crippen LogP contribution in [-0.2, 0) is 11.3 Å². The highest BCUT2D eigenvalue weighted by molar-refractivity contribution is 5.73. The first-order valence-electron chi connectivity index (χ1n) is 5.91. The lowest BCUT2D eigenvalue weighted by molar-refractivity contribution is -0.118. The third-order valence-corrected chi connectivity index (χ3v) is 2.74. The summed E-state index contributed by atoms with van der Waals surface area (Å²) in [5, 5.41) is 17.0. The van der Waals surface area contributed by atoms with E-state index in [2.05, 4.69) is 10.4 Å². The molecule has 1 aromatic heterocycles. The molecule has 0 fully saturated rings. The van der Waals surface area contributed by atoms with E-state index in [4.69, 9.17) is 5.73 Å². The first kappa shape index (κ1) is 12.9. The Morgan fingerprint density at radius 1 is 1.53 bits per heavy atom. The maximum atomic E-state index is 10.8. The first-order valence-corrected chi connectivity index (χ1v) is 5.91. The van der Waals surface area contributed by atoms with E-state index in [0.29, 0.717) is 0 Å². The van der Waals surface area contributed by atoms with Gasteiger partial charge in [-0.3, -0.25) is 9.48 Å². The fourth-order valence-corrected chi connectivity index (χ4v) is 1.87. The second-order valence-electron chi connectivity index (χ2n) is 4.32. The van der Waals surface area contributed by atoms with Crippen molar-refractivity contribution in [3.05, 3.63) is 42.2 Å². The summed E-state index contributed by atoms with van der Waals surface area (Å²) in [4.78, 5) is 10.8. The summed E-state index contributed by atoms with van der Waals surface area (Å²) in [7, 11) is 0. The van der Waals surface area contributed by atoms with Gasteiger partial charge in [0, 0.05) is 11.8 Å². The van der Waals surface area contributed by atoms with E-state index < -0.39 is 5.91 Å². The van der Waals surface area contributed by atoms with Crippen LogP contribution in [0.25, 0.3) is 0 Å². The van der Waals surface area contributed by atoms with Crippen LogP contribution in [0.5, 0.6) is 5.75 Å². The minimum atomic E-state index is -0.441. The number of phenolic OH excluding ortho intramolecular Hbond substituents is 1. The van der Waals surface area contributed by atoms with Gasteiger partial charge in [0.1, 0.15) is 12.3 Å². The Hall–Kier alpha value is -2.50. The van der Waals surface area contributed by atoms with Crippen LogP contribution in [0.4, 0.5) is 5.69 Å². The van der Waals surface area contributed by atoms with Gasteiger partial charge in [-0.2, -0.15) is 5.10 Å². The van der Waals surface area contributed by atoms with Crippen molar-refractivity contribution in [1.82, 2.24) is 9.78 Å². The standard InChI is InChI=1S/C13H16N4O2/c1-9(11-4-2-3-5-12(11)18)16-10-6-15-17(7-10)8-13(14)19/h2-7,9,16,18H,8H2,1H3,(H2,14,19). The molecule has 0 radical (unpaired) electrons. The molecule has 2 aromatic rings. The van der Waals surface area contributed by atoms with Gasteiger partial charge >= 0.3 is 0 Å². The summed E-state index contributed by atoms with van der Waals surface area (Å²) in [5.41, 5.74) is 6.65. The van der Waals surface area contributed by atoms with Crippen LogP contribution in [0.3, 0.4) is 0 Å². The van der Waals surface area contributed by atoms with Crippen LogP contribution < -0.4 is 11.1 Å². The van der Waals surface area contributed by atoms with Gasteiger partial charge in [-0.25, -0.2) is 0 Å². The second-order valence-corrected chi connectivity index (χ2v) is 4.32. The van der Waals surface area contributed by atoms with Crippen molar-refractivity contribution < 1.29 is 9.90 Å². The number of carbonyl (C=O) groups excluding carboxylic acids is 1. The number of nitrogens with one attached hydrogen (secondary N) is 1. The molecule has 1 aromatic carbocycles. The number of rotatable bonds is 5. The summed E-state index contributed by atoms with van der Waals surface area (Å²) >= 11 is 0. The normalized spacial score (nSPS) is 12.1. The first-order chi connectivity index (χ1) is 9.06. The molecule has 0 aliphatic rings. The number of aromatic hydroxyl groups is 1. The van der Waals surface area contributed by atoms with Crippen molar-refractivity contribution >= 4 is 11.6 Å². The van der Waals surface area contributed by atoms with Gasteiger partial charge in [0.25, 0.3) is 0 Å². The van der Waals surface area contributed by atoms with Crippen molar-refractivity contribution in [2.24, 2.45) is 5.73 Å². The Labute approximate surface area is 110 Å². The van der Waals surface area contributed by atoms with Crippen molar-refractivity contribution in [3.8, 4) is 5.75 Å². The number of nitrogens with zero attached hydrogens (tertiary/aromatic N) is 2. The van der Waals surface area contributed by atoms with Gasteiger partial charge in [0.15, 0.2) is 0 Å². The monoisotopic (exact) mass is 260 g/mol. The number of amides is 1. The maximum Gasteiger partial charge on any atom is 0.239 e. The van der Waals surface area contributed by atoms with Gasteiger partial charge < -0.3 is 16.2 Å². The molecule has 1 amide bonds. The molecular formula is C13H16N4O2. The summed E-state index contributed by atoms with van der Waals surface area (Å²) in [6.45, 7) is 1.98. The Morgan fingerprint density at radius 3 is 2.95 bits per heavy atom. The summed E-state index contributed by atoms with van der Waals surface area (Å²) in [5.74, 6) is -0.199. The third-order valence-electron chi connectivity index (χ3n) is 2.74. The SMILES string of the molecule is CC(Nc1cnn(CC(N)=O)c1)c1ccccc1O. The number of phenols is 1. The van der Waals surface area contributed by atoms with Crippen LogP contribution >= 0.6 is 0 Å². The zero-order valence-electron chi connectivity index (χ0n) is 10.6. The van der Waals surface area contributed by atoms with Gasteiger partial charge in [0.2, 0.25) is 5.91 Å². The van der Waals surface area contributed by atoms with Gasteiger partial charge in [-0.1, -0.05) is 18.2 Å². The molecule has 0 aliphatic heterocycles. The van der Waals surface area contributed by atoms with Crippen molar-refractivity contribution in [1.29, 1.82) is 0 Å². The van der Waals surface area contributed by atoms with E-state index in [1.807, 2.05) is 19.1 Å². The van der Waals surface area contributed by atoms with Crippen molar-refractivity contribution in [2.45, 2.75) is 19.5 Å². The molecule has 0 saturated carbocycles. The molecule has 0 saturated heterocycles. The zero-order chi connectivity index (χ0) is 13.8. The number of carbonyl (C=O) groups is 1. The Morgan fingerprint density at radius 2 is 2.26 bits per heavy atom. The zero-order valence-corrected chi connectivity index (χ0v) is 10.6. The maximum absolute atomic E-state index is 10.8. The van der Waals surface area contributed by atoms with Crippen LogP contribution in [0, 0.1) is 0 Å². The lowest BCUT2D eigenvalue weighted by Crippen LogP contribution is -2.18. The predicted molar refractivity (Wildman–Crippen MR) is 71.6 cm³/mol. The van der Waals surface area contributed by atoms with Crippen LogP contribution in [0.15, 0.2) is 36.7 Å². The van der Waals surface area contributed by atoms with E-state index in [1.54, 1.807) is 24.5 Å². The van der Waals surface area contributed by atoms with Crippen molar-refractivity contribution in [2.75, 3.05) is 5.32 Å². The highest BCUT2D eigenvalue weighted by atomic mass is 16.3. The molecule has 6 heteroatoms. The fraction of sp³-hybridized carbons (Fsp3) is 0.231. The number of anilines is 1. The molecule has 6 nitrogen and oxygen atoms in total. The van der Waals surface area contributed by atoms with Crippen LogP contribution in [0.2, 0.25) is 0 Å². The minimum Gasteiger partial charge on any atom is -0.508 e. The molecule has 1 heterocycles. The molecule has 0 aliphatic carbocycles. The van der Waals surface area contributed by atoms with Gasteiger partial charge in [-0.15, -0.1) is 0 Å². The number of para-hydroxylation sites is 1. The summed E-state index contributed by atoms with van der Waals surface area (Å²) < 4.78 is 1.46. The van der Waals surface area contributed by atoms with E-state index in [-0.39, 0.29) is 18.3 Å². The van der Waals surface area contributed by atoms with E-state index in [0.717, 1.165) is 11.3 Å². The molecule has 1 unspecified atom stereocenters. The number of benzene rings is 1. The average molecular weight is 260 g/mol. The van der Waals surface area contributed by atoms with Crippen LogP contribution in [-0.4, -0.2) is 20.8 Å². The largest absolute Gasteiger partial charge is 0.508 e. The van der Waals surface area contributed by atoms with Gasteiger partial charge in [-0.05, 0) is 13.0 Å². The molecule has 4 N–H and O–H groups in total. The molecular weight excluding hydrogens is 244 g/mol. The van der Waals surface area contributed by atoms with Gasteiger partial charge in [0.05, 0.1) is 17.9 Å². The number of hydrogen-bond donors (Lipinski definition) is 3. The predicted octanol–water partition coefficient (Wildman–Crippen LogP) is 1.25. The highest BCUT2D eigenvalue weighted by Gasteiger charge is 2.10. The quantitative estimate of drug-likeness (QED) is 0.754. The van der Waals surface area contributed by atoms with Crippen LogP contribution in [0.1, 0.15) is 18.5 Å². The van der Waals surface area contributed by atoms with E-state index >= 15 is 0 Å². The lowest BCUT2D eigenvalue weighted by atomic mass is 10.1. The van der Waals surface area contributed by atoms with E-state index in [9.17, 15) is 9.90 Å². The average Bonchev–Trinajstić information content (AvgIpc) is 2.76. The molecule has 1 atom stereocenters. The molecule has 2 rings (SSSR count). The van der Waals surface area contributed by atoms with Crippen molar-refractivity contribution in [3.63, 3.8) is 0 Å². The topological polar surface area (TPSA) is 93.2 Å². The highest BCUT2D eigenvalue weighted by Crippen LogP contribution is 2.26. The lowest BCUT2D eigenvalue weighted by Gasteiger charge is -2.15. The Balaban J connectivity index is 2.07. The Bertz CT molecular complexity index is 580.